The first-order chi connectivity index (χ1) is 6.18. The van der Waals surface area contributed by atoms with E-state index in [1.807, 2.05) is 0 Å². The van der Waals surface area contributed by atoms with Crippen molar-refractivity contribution in [1.82, 2.24) is 9.61 Å². The van der Waals surface area contributed by atoms with Crippen LogP contribution in [0.2, 0.25) is 5.02 Å². The lowest BCUT2D eigenvalue weighted by Gasteiger charge is -1.92. The molecular weight excluding hydrogens is 192 g/mol. The van der Waals surface area contributed by atoms with Crippen LogP contribution in [0, 0.1) is 0 Å². The van der Waals surface area contributed by atoms with Crippen LogP contribution >= 0.6 is 11.6 Å². The molecule has 0 aliphatic carbocycles. The number of carboxylic acid groups (broad SMARTS) is 1. The van der Waals surface area contributed by atoms with Crippen molar-refractivity contribution in [2.45, 2.75) is 0 Å². The summed E-state index contributed by atoms with van der Waals surface area (Å²) < 4.78 is 1.44. The van der Waals surface area contributed by atoms with Crippen LogP contribution in [0.15, 0.2) is 24.4 Å². The number of rotatable bonds is 1. The van der Waals surface area contributed by atoms with Gasteiger partial charge in [0.2, 0.25) is 0 Å². The highest BCUT2D eigenvalue weighted by Crippen LogP contribution is 2.17. The maximum absolute atomic E-state index is 10.6. The summed E-state index contributed by atoms with van der Waals surface area (Å²) in [6, 6.07) is 4.82. The molecule has 1 N–H and O–H groups in total. The Labute approximate surface area is 78.4 Å². The van der Waals surface area contributed by atoms with E-state index in [-0.39, 0.29) is 5.69 Å². The number of carbonyl (C=O) groups is 1. The third-order valence-electron chi connectivity index (χ3n) is 1.67. The number of hydrogen-bond acceptors (Lipinski definition) is 2. The molecule has 0 aliphatic heterocycles. The van der Waals surface area contributed by atoms with Gasteiger partial charge < -0.3 is 5.11 Å². The fourth-order valence-corrected chi connectivity index (χ4v) is 1.30. The molecule has 0 saturated heterocycles. The number of nitrogens with zero attached hydrogens (tertiary/aromatic N) is 2. The number of carboxylic acids is 1. The molecule has 0 unspecified atom stereocenters. The van der Waals surface area contributed by atoms with E-state index in [9.17, 15) is 4.79 Å². The van der Waals surface area contributed by atoms with Crippen molar-refractivity contribution in [2.24, 2.45) is 0 Å². The lowest BCUT2D eigenvalue weighted by Crippen LogP contribution is -1.96. The number of halogens is 1. The first-order valence-corrected chi connectivity index (χ1v) is 3.93. The zero-order valence-corrected chi connectivity index (χ0v) is 7.19. The van der Waals surface area contributed by atoms with Crippen LogP contribution in [0.4, 0.5) is 0 Å². The Hall–Kier alpha value is -1.55. The fraction of sp³-hybridized carbons (Fsp3) is 0. The summed E-state index contributed by atoms with van der Waals surface area (Å²) in [6.45, 7) is 0. The Balaban J connectivity index is 2.75. The smallest absolute Gasteiger partial charge is 0.356 e. The summed E-state index contributed by atoms with van der Waals surface area (Å²) in [5.41, 5.74) is 0.592. The first-order valence-electron chi connectivity index (χ1n) is 3.55. The zero-order chi connectivity index (χ0) is 9.42. The number of fused-ring (bicyclic) bond motifs is 1. The van der Waals surface area contributed by atoms with E-state index in [0.29, 0.717) is 10.5 Å². The van der Waals surface area contributed by atoms with Gasteiger partial charge in [0.15, 0.2) is 5.69 Å². The Morgan fingerprint density at radius 2 is 2.38 bits per heavy atom. The van der Waals surface area contributed by atoms with Crippen LogP contribution in [0.5, 0.6) is 0 Å². The van der Waals surface area contributed by atoms with Crippen LogP contribution in [-0.4, -0.2) is 20.7 Å². The van der Waals surface area contributed by atoms with E-state index in [0.717, 1.165) is 0 Å². The Kier molecular flexibility index (Phi) is 1.70. The van der Waals surface area contributed by atoms with Crippen LogP contribution in [-0.2, 0) is 0 Å². The van der Waals surface area contributed by atoms with Crippen molar-refractivity contribution in [2.75, 3.05) is 0 Å². The molecule has 2 heterocycles. The van der Waals surface area contributed by atoms with E-state index >= 15 is 0 Å². The van der Waals surface area contributed by atoms with E-state index in [2.05, 4.69) is 5.10 Å². The van der Waals surface area contributed by atoms with Gasteiger partial charge in [-0.1, -0.05) is 11.6 Å². The lowest BCUT2D eigenvalue weighted by atomic mass is 10.3. The Morgan fingerprint density at radius 1 is 1.62 bits per heavy atom. The fourth-order valence-electron chi connectivity index (χ4n) is 1.09. The summed E-state index contributed by atoms with van der Waals surface area (Å²) >= 11 is 5.82. The van der Waals surface area contributed by atoms with Gasteiger partial charge in [-0.25, -0.2) is 9.31 Å². The van der Waals surface area contributed by atoms with Crippen molar-refractivity contribution >= 4 is 23.1 Å². The number of hydrogen-bond donors (Lipinski definition) is 1. The van der Waals surface area contributed by atoms with E-state index in [1.165, 1.54) is 10.6 Å². The molecule has 5 heteroatoms. The van der Waals surface area contributed by atoms with Gasteiger partial charge in [0.1, 0.15) is 0 Å². The zero-order valence-electron chi connectivity index (χ0n) is 6.44. The monoisotopic (exact) mass is 196 g/mol. The second-order valence-corrected chi connectivity index (χ2v) is 2.93. The molecule has 0 bridgehead atoms. The largest absolute Gasteiger partial charge is 0.476 e. The minimum atomic E-state index is -1.06. The molecule has 13 heavy (non-hydrogen) atoms. The third-order valence-corrected chi connectivity index (χ3v) is 1.99. The summed E-state index contributed by atoms with van der Waals surface area (Å²) in [4.78, 5) is 10.6. The molecule has 2 aromatic rings. The normalized spacial score (nSPS) is 10.5. The molecule has 0 aromatic carbocycles. The van der Waals surface area contributed by atoms with Crippen molar-refractivity contribution in [3.8, 4) is 0 Å². The predicted molar refractivity (Wildman–Crippen MR) is 47.2 cm³/mol. The summed E-state index contributed by atoms with van der Waals surface area (Å²) in [5.74, 6) is -1.06. The second-order valence-electron chi connectivity index (χ2n) is 2.52. The molecule has 2 aromatic heterocycles. The van der Waals surface area contributed by atoms with E-state index in [1.54, 1.807) is 18.3 Å². The Morgan fingerprint density at radius 3 is 3.00 bits per heavy atom. The highest BCUT2D eigenvalue weighted by Gasteiger charge is 2.09. The summed E-state index contributed by atoms with van der Waals surface area (Å²) in [7, 11) is 0. The maximum atomic E-state index is 10.6. The van der Waals surface area contributed by atoms with Crippen molar-refractivity contribution in [3.05, 3.63) is 35.1 Å². The third kappa shape index (κ3) is 1.25. The highest BCUT2D eigenvalue weighted by atomic mass is 35.5. The molecule has 4 nitrogen and oxygen atoms in total. The topological polar surface area (TPSA) is 54.6 Å². The van der Waals surface area contributed by atoms with Crippen molar-refractivity contribution in [3.63, 3.8) is 0 Å². The second kappa shape index (κ2) is 2.74. The van der Waals surface area contributed by atoms with E-state index < -0.39 is 5.97 Å². The van der Waals surface area contributed by atoms with Crippen LogP contribution in [0.25, 0.3) is 5.52 Å². The molecule has 0 fully saturated rings. The van der Waals surface area contributed by atoms with E-state index in [4.69, 9.17) is 16.7 Å². The molecule has 0 spiro atoms. The molecule has 0 saturated carbocycles. The van der Waals surface area contributed by atoms with Crippen LogP contribution in [0.3, 0.4) is 0 Å². The maximum Gasteiger partial charge on any atom is 0.356 e. The SMILES string of the molecule is O=C(O)c1cc2c(Cl)cccn2n1. The number of aromatic nitrogens is 2. The van der Waals surface area contributed by atoms with Crippen molar-refractivity contribution < 1.29 is 9.90 Å². The lowest BCUT2D eigenvalue weighted by molar-refractivity contribution is 0.0690. The van der Waals surface area contributed by atoms with Gasteiger partial charge >= 0.3 is 5.97 Å². The molecular formula is C8H5ClN2O2. The standard InChI is InChI=1S/C8H5ClN2O2/c9-5-2-1-3-11-7(5)4-6(10-11)8(12)13/h1-4H,(H,12,13). The summed E-state index contributed by atoms with van der Waals surface area (Å²) in [5, 5.41) is 13.0. The average molecular weight is 197 g/mol. The average Bonchev–Trinajstić information content (AvgIpc) is 2.49. The minimum absolute atomic E-state index is 0.00639. The van der Waals surface area contributed by atoms with Gasteiger partial charge in [-0.05, 0) is 12.1 Å². The Bertz CT molecular complexity index is 478. The van der Waals surface area contributed by atoms with Gasteiger partial charge in [-0.2, -0.15) is 5.10 Å². The van der Waals surface area contributed by atoms with Gasteiger partial charge in [0.05, 0.1) is 10.5 Å². The molecule has 0 radical (unpaired) electrons. The molecule has 0 aliphatic rings. The minimum Gasteiger partial charge on any atom is -0.476 e. The highest BCUT2D eigenvalue weighted by molar-refractivity contribution is 6.33. The molecule has 66 valence electrons. The van der Waals surface area contributed by atoms with Crippen LogP contribution in [0.1, 0.15) is 10.5 Å². The summed E-state index contributed by atoms with van der Waals surface area (Å²) in [6.07, 6.45) is 1.65. The molecule has 2 rings (SSSR count). The number of pyridine rings is 1. The van der Waals surface area contributed by atoms with Gasteiger partial charge in [-0.3, -0.25) is 0 Å². The quantitative estimate of drug-likeness (QED) is 0.755. The van der Waals surface area contributed by atoms with Gasteiger partial charge in [0, 0.05) is 12.3 Å². The predicted octanol–water partition coefficient (Wildman–Crippen LogP) is 1.69. The first kappa shape index (κ1) is 8.07. The van der Waals surface area contributed by atoms with Crippen LogP contribution < -0.4 is 0 Å². The number of aromatic carboxylic acids is 1. The van der Waals surface area contributed by atoms with Crippen molar-refractivity contribution in [1.29, 1.82) is 0 Å². The molecule has 0 amide bonds. The van der Waals surface area contributed by atoms with Gasteiger partial charge in [-0.15, -0.1) is 0 Å². The van der Waals surface area contributed by atoms with Gasteiger partial charge in [0.25, 0.3) is 0 Å². The molecule has 0 atom stereocenters.